The second-order valence-electron chi connectivity index (χ2n) is 12.1. The third-order valence-electron chi connectivity index (χ3n) is 7.73. The molecular weight excluding hydrogens is 650 g/mol. The Bertz CT molecular complexity index is 1740. The van der Waals surface area contributed by atoms with Crippen LogP contribution < -0.4 is 15.5 Å². The summed E-state index contributed by atoms with van der Waals surface area (Å²) in [5, 5.41) is 17.5. The number of methoxy groups -OCH3 is 1. The van der Waals surface area contributed by atoms with Gasteiger partial charge >= 0.3 is 12.1 Å². The number of morpholine rings is 1. The minimum absolute atomic E-state index is 0.269. The van der Waals surface area contributed by atoms with Crippen LogP contribution in [0.4, 0.5) is 16.2 Å². The normalized spacial score (nSPS) is 14.7. The highest BCUT2D eigenvalue weighted by Crippen LogP contribution is 2.30. The highest BCUT2D eigenvalue weighted by molar-refractivity contribution is 9.10. The van der Waals surface area contributed by atoms with E-state index in [1.54, 1.807) is 32.9 Å². The largest absolute Gasteiger partial charge is 0.465 e. The molecule has 0 unspecified atom stereocenters. The lowest BCUT2D eigenvalue weighted by Crippen LogP contribution is -2.49. The number of alkyl carbamates (subject to hydrolysis) is 1. The van der Waals surface area contributed by atoms with Gasteiger partial charge in [-0.05, 0) is 80.3 Å². The van der Waals surface area contributed by atoms with Gasteiger partial charge in [0.2, 0.25) is 0 Å². The molecule has 0 bridgehead atoms. The number of aromatic nitrogens is 1. The van der Waals surface area contributed by atoms with Gasteiger partial charge < -0.3 is 34.7 Å². The van der Waals surface area contributed by atoms with Gasteiger partial charge in [-0.3, -0.25) is 0 Å². The Morgan fingerprint density at radius 3 is 2.46 bits per heavy atom. The quantitative estimate of drug-likeness (QED) is 0.167. The van der Waals surface area contributed by atoms with Crippen molar-refractivity contribution >= 4 is 50.3 Å². The molecule has 0 spiro atoms. The molecule has 1 saturated heterocycles. The van der Waals surface area contributed by atoms with Crippen LogP contribution in [0.15, 0.2) is 71.3 Å². The van der Waals surface area contributed by atoms with Crippen molar-refractivity contribution in [2.75, 3.05) is 43.6 Å². The van der Waals surface area contributed by atoms with Crippen LogP contribution in [0.5, 0.6) is 0 Å². The van der Waals surface area contributed by atoms with Crippen LogP contribution in [0.2, 0.25) is 0 Å². The maximum absolute atomic E-state index is 13.0. The fraction of sp³-hybridized carbons (Fsp3) is 0.343. The van der Waals surface area contributed by atoms with Gasteiger partial charge in [0.05, 0.1) is 38.0 Å². The maximum Gasteiger partial charge on any atom is 0.407 e. The number of aromatic amines is 1. The molecule has 1 aliphatic rings. The summed E-state index contributed by atoms with van der Waals surface area (Å²) in [6.07, 6.45) is 1.54. The number of H-pyrrole nitrogens is 1. The van der Waals surface area contributed by atoms with E-state index in [0.29, 0.717) is 25.3 Å². The molecule has 2 atom stereocenters. The Morgan fingerprint density at radius 1 is 1.07 bits per heavy atom. The summed E-state index contributed by atoms with van der Waals surface area (Å²) in [4.78, 5) is 31.5. The van der Waals surface area contributed by atoms with Gasteiger partial charge in [0.1, 0.15) is 11.6 Å². The number of hydrogen-bond donors (Lipinski definition) is 3. The van der Waals surface area contributed by atoms with Crippen molar-refractivity contribution in [3.63, 3.8) is 0 Å². The molecule has 11 heteroatoms. The fourth-order valence-corrected chi connectivity index (χ4v) is 5.84. The van der Waals surface area contributed by atoms with Crippen LogP contribution >= 0.6 is 15.9 Å². The van der Waals surface area contributed by atoms with E-state index in [0.717, 1.165) is 50.8 Å². The van der Waals surface area contributed by atoms with Crippen molar-refractivity contribution in [1.29, 1.82) is 5.26 Å². The number of rotatable bonds is 9. The molecule has 240 valence electrons. The maximum atomic E-state index is 13.0. The molecule has 1 aromatic heterocycles. The van der Waals surface area contributed by atoms with E-state index in [9.17, 15) is 14.9 Å². The monoisotopic (exact) mass is 687 g/mol. The summed E-state index contributed by atoms with van der Waals surface area (Å²) >= 11 is 3.50. The Hall–Kier alpha value is -4.53. The molecule has 1 amide bonds. The number of nitrogens with one attached hydrogen (secondary N) is 3. The minimum Gasteiger partial charge on any atom is -0.465 e. The van der Waals surface area contributed by atoms with Gasteiger partial charge in [-0.25, -0.2) is 9.59 Å². The molecule has 0 aliphatic carbocycles. The van der Waals surface area contributed by atoms with Gasteiger partial charge in [-0.2, -0.15) is 5.26 Å². The summed E-state index contributed by atoms with van der Waals surface area (Å²) in [6.45, 7) is 8.42. The van der Waals surface area contributed by atoms with E-state index in [4.69, 9.17) is 14.2 Å². The van der Waals surface area contributed by atoms with Gasteiger partial charge in [0.15, 0.2) is 0 Å². The molecule has 5 rings (SSSR count). The summed E-state index contributed by atoms with van der Waals surface area (Å²) in [5.41, 5.74) is 4.64. The van der Waals surface area contributed by atoms with Crippen molar-refractivity contribution in [1.82, 2.24) is 10.3 Å². The van der Waals surface area contributed by atoms with Gasteiger partial charge in [0.25, 0.3) is 0 Å². The smallest absolute Gasteiger partial charge is 0.407 e. The first-order chi connectivity index (χ1) is 22.0. The van der Waals surface area contributed by atoms with Crippen LogP contribution in [0.25, 0.3) is 22.0 Å². The SMILES string of the molecule is COC(=O)c1cc(-c2ccc(N3CCOCC3)cc2)ccc1N[C@@H](C#N)[C@H](Cc1c[nH]c2cc(Br)ccc12)NC(=O)OC(C)(C)C. The number of esters is 1. The number of hydrogen-bond acceptors (Lipinski definition) is 8. The van der Waals surface area contributed by atoms with E-state index >= 15 is 0 Å². The number of fused-ring (bicyclic) bond motifs is 1. The summed E-state index contributed by atoms with van der Waals surface area (Å²) < 4.78 is 17.1. The second-order valence-corrected chi connectivity index (χ2v) is 13.0. The van der Waals surface area contributed by atoms with E-state index in [2.05, 4.69) is 54.6 Å². The molecule has 1 fully saturated rings. The van der Waals surface area contributed by atoms with Crippen LogP contribution in [0.1, 0.15) is 36.7 Å². The van der Waals surface area contributed by atoms with Gasteiger partial charge in [0, 0.05) is 46.0 Å². The number of nitriles is 1. The topological polar surface area (TPSA) is 129 Å². The van der Waals surface area contributed by atoms with Crippen LogP contribution in [0.3, 0.4) is 0 Å². The number of halogens is 1. The molecular formula is C35H38BrN5O5. The molecule has 1 aliphatic heterocycles. The minimum atomic E-state index is -0.935. The molecule has 2 heterocycles. The Morgan fingerprint density at radius 2 is 1.78 bits per heavy atom. The standard InChI is InChI=1S/C35H38BrN5O5/c1-35(2,3)46-34(43)40-31(18-24-21-38-30-19-25(36)8-11-27(24)30)32(20-37)39-29-12-7-23(17-28(29)33(42)44-4)22-5-9-26(10-6-22)41-13-15-45-16-14-41/h5-12,17,19,21,31-32,38-39H,13-16,18H2,1-4H3,(H,40,43)/t31-,32-/m0/s1. The number of ether oxygens (including phenoxy) is 3. The predicted molar refractivity (Wildman–Crippen MR) is 182 cm³/mol. The average molecular weight is 689 g/mol. The number of benzene rings is 3. The first-order valence-corrected chi connectivity index (χ1v) is 15.9. The molecule has 3 aromatic carbocycles. The lowest BCUT2D eigenvalue weighted by molar-refractivity contribution is 0.0501. The van der Waals surface area contributed by atoms with Crippen molar-refractivity contribution in [2.45, 2.75) is 44.9 Å². The molecule has 0 radical (unpaired) electrons. The highest BCUT2D eigenvalue weighted by Gasteiger charge is 2.29. The zero-order valence-corrected chi connectivity index (χ0v) is 27.9. The van der Waals surface area contributed by atoms with Crippen molar-refractivity contribution in [3.05, 3.63) is 82.5 Å². The van der Waals surface area contributed by atoms with E-state index in [1.165, 1.54) is 7.11 Å². The number of carbonyl (C=O) groups is 2. The lowest BCUT2D eigenvalue weighted by Gasteiger charge is -2.29. The number of nitrogens with zero attached hydrogens (tertiary/aromatic N) is 2. The van der Waals surface area contributed by atoms with Crippen LogP contribution in [-0.4, -0.2) is 68.1 Å². The fourth-order valence-electron chi connectivity index (χ4n) is 5.48. The first kappa shape index (κ1) is 32.9. The molecule has 4 aromatic rings. The number of amides is 1. The summed E-state index contributed by atoms with van der Waals surface area (Å²) in [7, 11) is 1.32. The van der Waals surface area contributed by atoms with E-state index in [-0.39, 0.29) is 5.56 Å². The zero-order valence-electron chi connectivity index (χ0n) is 26.4. The molecule has 10 nitrogen and oxygen atoms in total. The lowest BCUT2D eigenvalue weighted by atomic mass is 9.97. The molecule has 0 saturated carbocycles. The average Bonchev–Trinajstić information content (AvgIpc) is 3.43. The third kappa shape index (κ3) is 8.00. The summed E-state index contributed by atoms with van der Waals surface area (Å²) in [5.74, 6) is -0.551. The number of anilines is 2. The van der Waals surface area contributed by atoms with E-state index < -0.39 is 29.7 Å². The van der Waals surface area contributed by atoms with Crippen LogP contribution in [-0.2, 0) is 20.6 Å². The first-order valence-electron chi connectivity index (χ1n) is 15.1. The highest BCUT2D eigenvalue weighted by atomic mass is 79.9. The zero-order chi connectivity index (χ0) is 32.8. The second kappa shape index (κ2) is 14.3. The van der Waals surface area contributed by atoms with E-state index in [1.807, 2.05) is 42.6 Å². The Kier molecular flexibility index (Phi) is 10.2. The van der Waals surface area contributed by atoms with Crippen molar-refractivity contribution in [2.24, 2.45) is 0 Å². The van der Waals surface area contributed by atoms with Gasteiger partial charge in [-0.1, -0.05) is 40.2 Å². The Labute approximate surface area is 277 Å². The Balaban J connectivity index is 1.43. The van der Waals surface area contributed by atoms with Crippen LogP contribution in [0, 0.1) is 11.3 Å². The predicted octanol–water partition coefficient (Wildman–Crippen LogP) is 6.66. The van der Waals surface area contributed by atoms with Crippen molar-refractivity contribution < 1.29 is 23.8 Å². The molecule has 46 heavy (non-hydrogen) atoms. The summed E-state index contributed by atoms with van der Waals surface area (Å²) in [6, 6.07) is 20.1. The number of carbonyl (C=O) groups excluding carboxylic acids is 2. The molecule has 3 N–H and O–H groups in total. The van der Waals surface area contributed by atoms with Crippen molar-refractivity contribution in [3.8, 4) is 17.2 Å². The third-order valence-corrected chi connectivity index (χ3v) is 8.22. The van der Waals surface area contributed by atoms with Gasteiger partial charge in [-0.15, -0.1) is 0 Å².